The molecule has 0 bridgehead atoms. The quantitative estimate of drug-likeness (QED) is 0.859. The van der Waals surface area contributed by atoms with E-state index in [0.717, 1.165) is 23.4 Å². The molecular formula is C20H25N3O2. The Morgan fingerprint density at radius 2 is 2.04 bits per heavy atom. The lowest BCUT2D eigenvalue weighted by Crippen LogP contribution is -2.42. The molecule has 0 unspecified atom stereocenters. The van der Waals surface area contributed by atoms with Crippen LogP contribution in [-0.2, 0) is 11.3 Å². The van der Waals surface area contributed by atoms with Gasteiger partial charge in [-0.2, -0.15) is 0 Å². The van der Waals surface area contributed by atoms with Crippen molar-refractivity contribution in [3.05, 3.63) is 65.0 Å². The van der Waals surface area contributed by atoms with E-state index < -0.39 is 0 Å². The van der Waals surface area contributed by atoms with E-state index >= 15 is 0 Å². The van der Waals surface area contributed by atoms with Crippen molar-refractivity contribution in [1.82, 2.24) is 14.8 Å². The molecule has 0 radical (unpaired) electrons. The van der Waals surface area contributed by atoms with Gasteiger partial charge in [0.25, 0.3) is 5.91 Å². The maximum Gasteiger partial charge on any atom is 0.254 e. The molecule has 1 saturated heterocycles. The molecule has 1 aliphatic heterocycles. The maximum atomic E-state index is 12.8. The molecule has 1 atom stereocenters. The van der Waals surface area contributed by atoms with E-state index in [9.17, 15) is 4.79 Å². The number of carbonyl (C=O) groups is 1. The van der Waals surface area contributed by atoms with E-state index in [2.05, 4.69) is 9.88 Å². The Morgan fingerprint density at radius 3 is 2.72 bits per heavy atom. The molecule has 132 valence electrons. The van der Waals surface area contributed by atoms with Crippen LogP contribution in [0.15, 0.2) is 42.6 Å². The Labute approximate surface area is 149 Å². The number of hydrogen-bond donors (Lipinski definition) is 0. The topological polar surface area (TPSA) is 45.7 Å². The Hall–Kier alpha value is -2.24. The van der Waals surface area contributed by atoms with Crippen LogP contribution in [0.25, 0.3) is 0 Å². The van der Waals surface area contributed by atoms with Crippen LogP contribution in [0.5, 0.6) is 0 Å². The van der Waals surface area contributed by atoms with Crippen LogP contribution < -0.4 is 0 Å². The van der Waals surface area contributed by atoms with Crippen LogP contribution in [0.2, 0.25) is 0 Å². The highest BCUT2D eigenvalue weighted by molar-refractivity contribution is 5.94. The average Bonchev–Trinajstić information content (AvgIpc) is 2.61. The third kappa shape index (κ3) is 4.44. The van der Waals surface area contributed by atoms with Crippen molar-refractivity contribution in [2.24, 2.45) is 0 Å². The number of rotatable bonds is 4. The van der Waals surface area contributed by atoms with Gasteiger partial charge in [0.2, 0.25) is 0 Å². The van der Waals surface area contributed by atoms with Gasteiger partial charge >= 0.3 is 0 Å². The van der Waals surface area contributed by atoms with Gasteiger partial charge in [0, 0.05) is 30.5 Å². The Morgan fingerprint density at radius 1 is 1.28 bits per heavy atom. The van der Waals surface area contributed by atoms with Gasteiger partial charge in [-0.05, 0) is 56.4 Å². The van der Waals surface area contributed by atoms with Crippen LogP contribution in [0.3, 0.4) is 0 Å². The Balaban J connectivity index is 1.69. The van der Waals surface area contributed by atoms with Crippen LogP contribution in [0.4, 0.5) is 0 Å². The molecule has 2 heterocycles. The standard InChI is InChI=1S/C20H25N3O2/c1-15-12-18(8-9-21-15)19-14-23(10-11-25-19)20(24)17-6-4-16(5-7-17)13-22(2)3/h4-9,12,19H,10-11,13-14H2,1-3H3/t19-/m1/s1. The third-order valence-corrected chi connectivity index (χ3v) is 4.35. The number of benzene rings is 1. The molecule has 0 N–H and O–H groups in total. The zero-order chi connectivity index (χ0) is 17.8. The van der Waals surface area contributed by atoms with Gasteiger partial charge in [-0.25, -0.2) is 0 Å². The number of aromatic nitrogens is 1. The van der Waals surface area contributed by atoms with Gasteiger partial charge in [0.1, 0.15) is 6.10 Å². The molecule has 1 amide bonds. The zero-order valence-corrected chi connectivity index (χ0v) is 15.1. The fourth-order valence-corrected chi connectivity index (χ4v) is 3.10. The zero-order valence-electron chi connectivity index (χ0n) is 15.1. The number of amides is 1. The van der Waals surface area contributed by atoms with Crippen molar-refractivity contribution in [3.63, 3.8) is 0 Å². The van der Waals surface area contributed by atoms with E-state index in [0.29, 0.717) is 19.7 Å². The van der Waals surface area contributed by atoms with Crippen LogP contribution in [0.1, 0.15) is 33.3 Å². The molecule has 3 rings (SSSR count). The fourth-order valence-electron chi connectivity index (χ4n) is 3.10. The highest BCUT2D eigenvalue weighted by Crippen LogP contribution is 2.23. The molecule has 0 aliphatic carbocycles. The molecule has 5 heteroatoms. The molecule has 2 aromatic rings. The predicted molar refractivity (Wildman–Crippen MR) is 97.4 cm³/mol. The van der Waals surface area contributed by atoms with Gasteiger partial charge in [-0.1, -0.05) is 12.1 Å². The SMILES string of the molecule is Cc1cc([C@H]2CN(C(=O)c3ccc(CN(C)C)cc3)CCO2)ccn1. The summed E-state index contributed by atoms with van der Waals surface area (Å²) in [5.74, 6) is 0.0653. The molecule has 1 aliphatic rings. The van der Waals surface area contributed by atoms with Gasteiger partial charge in [-0.15, -0.1) is 0 Å². The highest BCUT2D eigenvalue weighted by atomic mass is 16.5. The summed E-state index contributed by atoms with van der Waals surface area (Å²) in [5, 5.41) is 0. The predicted octanol–water partition coefficient (Wildman–Crippen LogP) is 2.67. The van der Waals surface area contributed by atoms with Crippen molar-refractivity contribution in [2.45, 2.75) is 19.6 Å². The summed E-state index contributed by atoms with van der Waals surface area (Å²) in [6.07, 6.45) is 1.70. The minimum absolute atomic E-state index is 0.0653. The van der Waals surface area contributed by atoms with Gasteiger partial charge in [0.05, 0.1) is 13.2 Å². The molecule has 0 spiro atoms. The molecule has 0 saturated carbocycles. The first kappa shape index (κ1) is 17.6. The number of hydrogen-bond acceptors (Lipinski definition) is 4. The summed E-state index contributed by atoms with van der Waals surface area (Å²) in [6.45, 7) is 4.58. The molecule has 1 fully saturated rings. The lowest BCUT2D eigenvalue weighted by atomic mass is 10.1. The Bertz CT molecular complexity index is 728. The van der Waals surface area contributed by atoms with Gasteiger partial charge in [-0.3, -0.25) is 9.78 Å². The molecule has 1 aromatic carbocycles. The van der Waals surface area contributed by atoms with Crippen LogP contribution in [0, 0.1) is 6.92 Å². The fraction of sp³-hybridized carbons (Fsp3) is 0.400. The van der Waals surface area contributed by atoms with Crippen molar-refractivity contribution >= 4 is 5.91 Å². The third-order valence-electron chi connectivity index (χ3n) is 4.35. The molecule has 1 aromatic heterocycles. The normalized spacial score (nSPS) is 17.8. The van der Waals surface area contributed by atoms with E-state index in [1.54, 1.807) is 6.20 Å². The second kappa shape index (κ2) is 7.76. The summed E-state index contributed by atoms with van der Waals surface area (Å²) in [4.78, 5) is 21.0. The largest absolute Gasteiger partial charge is 0.370 e. The smallest absolute Gasteiger partial charge is 0.254 e. The Kier molecular flexibility index (Phi) is 5.46. The van der Waals surface area contributed by atoms with Crippen LogP contribution >= 0.6 is 0 Å². The number of aryl methyl sites for hydroxylation is 1. The van der Waals surface area contributed by atoms with Crippen molar-refractivity contribution < 1.29 is 9.53 Å². The van der Waals surface area contributed by atoms with Crippen molar-refractivity contribution in [2.75, 3.05) is 33.8 Å². The lowest BCUT2D eigenvalue weighted by Gasteiger charge is -2.33. The summed E-state index contributed by atoms with van der Waals surface area (Å²) in [6, 6.07) is 11.9. The monoisotopic (exact) mass is 339 g/mol. The van der Waals surface area contributed by atoms with Crippen molar-refractivity contribution in [1.29, 1.82) is 0 Å². The summed E-state index contributed by atoms with van der Waals surface area (Å²) in [5.41, 5.74) is 3.97. The molecule has 5 nitrogen and oxygen atoms in total. The summed E-state index contributed by atoms with van der Waals surface area (Å²) >= 11 is 0. The van der Waals surface area contributed by atoms with Gasteiger partial charge in [0.15, 0.2) is 0 Å². The van der Waals surface area contributed by atoms with Crippen molar-refractivity contribution in [3.8, 4) is 0 Å². The second-order valence-electron chi connectivity index (χ2n) is 6.78. The summed E-state index contributed by atoms with van der Waals surface area (Å²) < 4.78 is 5.87. The molecule has 25 heavy (non-hydrogen) atoms. The minimum Gasteiger partial charge on any atom is -0.370 e. The first-order chi connectivity index (χ1) is 12.0. The second-order valence-corrected chi connectivity index (χ2v) is 6.78. The van der Waals surface area contributed by atoms with E-state index in [1.807, 2.05) is 62.3 Å². The van der Waals surface area contributed by atoms with E-state index in [4.69, 9.17) is 4.74 Å². The first-order valence-electron chi connectivity index (χ1n) is 8.60. The van der Waals surface area contributed by atoms with Gasteiger partial charge < -0.3 is 14.5 Å². The van der Waals surface area contributed by atoms with E-state index in [-0.39, 0.29) is 12.0 Å². The number of carbonyl (C=O) groups excluding carboxylic acids is 1. The highest BCUT2D eigenvalue weighted by Gasteiger charge is 2.26. The average molecular weight is 339 g/mol. The maximum absolute atomic E-state index is 12.8. The van der Waals surface area contributed by atoms with E-state index in [1.165, 1.54) is 5.56 Å². The molecular weight excluding hydrogens is 314 g/mol. The van der Waals surface area contributed by atoms with Crippen LogP contribution in [-0.4, -0.2) is 54.5 Å². The number of morpholine rings is 1. The number of nitrogens with zero attached hydrogens (tertiary/aromatic N) is 3. The first-order valence-corrected chi connectivity index (χ1v) is 8.60. The number of ether oxygens (including phenoxy) is 1. The lowest BCUT2D eigenvalue weighted by molar-refractivity contribution is -0.0228. The number of pyridine rings is 1. The minimum atomic E-state index is -0.0904. The summed E-state index contributed by atoms with van der Waals surface area (Å²) in [7, 11) is 4.07.